The average molecular weight is 433 g/mol. The summed E-state index contributed by atoms with van der Waals surface area (Å²) in [6, 6.07) is 21.4. The molecule has 0 atom stereocenters. The SMILES string of the molecule is O=C(Cc1sc(-c2ccccc2)nc1-c1cccs1)OCc1nc2ccccc2o1. The lowest BCUT2D eigenvalue weighted by molar-refractivity contribution is -0.144. The van der Waals surface area contributed by atoms with Crippen LogP contribution < -0.4 is 0 Å². The van der Waals surface area contributed by atoms with Crippen LogP contribution in [0.25, 0.3) is 32.2 Å². The molecule has 148 valence electrons. The van der Waals surface area contributed by atoms with Gasteiger partial charge in [-0.1, -0.05) is 48.5 Å². The van der Waals surface area contributed by atoms with Crippen molar-refractivity contribution >= 4 is 39.7 Å². The van der Waals surface area contributed by atoms with E-state index >= 15 is 0 Å². The number of nitrogens with zero attached hydrogens (tertiary/aromatic N) is 2. The standard InChI is InChI=1S/C23H16N2O3S2/c26-21(27-14-20-24-16-9-4-5-10-17(16)28-20)13-19-22(18-11-6-12-29-18)25-23(30-19)15-7-2-1-3-8-15/h1-12H,13-14H2. The van der Waals surface area contributed by atoms with E-state index in [1.165, 1.54) is 11.3 Å². The zero-order valence-electron chi connectivity index (χ0n) is 15.8. The van der Waals surface area contributed by atoms with E-state index in [0.717, 1.165) is 31.5 Å². The summed E-state index contributed by atoms with van der Waals surface area (Å²) in [4.78, 5) is 23.6. The molecule has 7 heteroatoms. The van der Waals surface area contributed by atoms with Gasteiger partial charge in [0.2, 0.25) is 5.89 Å². The molecule has 0 saturated carbocycles. The molecule has 0 aliphatic carbocycles. The van der Waals surface area contributed by atoms with Crippen LogP contribution in [0.15, 0.2) is 76.5 Å². The lowest BCUT2D eigenvalue weighted by atomic mass is 10.2. The predicted molar refractivity (Wildman–Crippen MR) is 118 cm³/mol. The Hall–Kier alpha value is -3.29. The molecule has 5 nitrogen and oxygen atoms in total. The first-order valence-corrected chi connectivity index (χ1v) is 11.0. The maximum absolute atomic E-state index is 12.6. The van der Waals surface area contributed by atoms with Crippen LogP contribution in [0.1, 0.15) is 10.8 Å². The molecule has 0 aliphatic heterocycles. The summed E-state index contributed by atoms with van der Waals surface area (Å²) in [5, 5.41) is 2.90. The molecule has 0 spiro atoms. The van der Waals surface area contributed by atoms with Crippen LogP contribution in [-0.4, -0.2) is 15.9 Å². The Balaban J connectivity index is 1.35. The topological polar surface area (TPSA) is 65.2 Å². The first-order valence-electron chi connectivity index (χ1n) is 9.35. The van der Waals surface area contributed by atoms with Crippen molar-refractivity contribution in [1.82, 2.24) is 9.97 Å². The van der Waals surface area contributed by atoms with E-state index in [4.69, 9.17) is 14.1 Å². The molecule has 30 heavy (non-hydrogen) atoms. The van der Waals surface area contributed by atoms with Crippen molar-refractivity contribution in [1.29, 1.82) is 0 Å². The number of carbonyl (C=O) groups is 1. The molecule has 0 saturated heterocycles. The maximum Gasteiger partial charge on any atom is 0.311 e. The van der Waals surface area contributed by atoms with E-state index in [1.54, 1.807) is 11.3 Å². The number of para-hydroxylation sites is 2. The molecule has 0 fully saturated rings. The number of rotatable bonds is 6. The van der Waals surface area contributed by atoms with E-state index in [1.807, 2.05) is 72.1 Å². The molecule has 5 aromatic rings. The van der Waals surface area contributed by atoms with Crippen molar-refractivity contribution in [2.45, 2.75) is 13.0 Å². The fourth-order valence-corrected chi connectivity index (χ4v) is 4.96. The number of ether oxygens (including phenoxy) is 1. The number of aromatic nitrogens is 2. The van der Waals surface area contributed by atoms with Crippen LogP contribution in [0.3, 0.4) is 0 Å². The Morgan fingerprint density at radius 3 is 2.60 bits per heavy atom. The number of hydrogen-bond donors (Lipinski definition) is 0. The van der Waals surface area contributed by atoms with Gasteiger partial charge in [-0.2, -0.15) is 0 Å². The zero-order chi connectivity index (χ0) is 20.3. The third kappa shape index (κ3) is 3.90. The molecule has 0 bridgehead atoms. The van der Waals surface area contributed by atoms with Crippen molar-refractivity contribution < 1.29 is 13.9 Å². The van der Waals surface area contributed by atoms with Crippen molar-refractivity contribution in [3.8, 4) is 21.1 Å². The van der Waals surface area contributed by atoms with Gasteiger partial charge in [0.15, 0.2) is 12.2 Å². The molecule has 5 rings (SSSR count). The van der Waals surface area contributed by atoms with Gasteiger partial charge in [-0.15, -0.1) is 22.7 Å². The lowest BCUT2D eigenvalue weighted by Crippen LogP contribution is -2.07. The van der Waals surface area contributed by atoms with Crippen molar-refractivity contribution in [2.24, 2.45) is 0 Å². The van der Waals surface area contributed by atoms with Gasteiger partial charge in [-0.05, 0) is 23.6 Å². The third-order valence-corrected chi connectivity index (χ3v) is 6.45. The first kappa shape index (κ1) is 18.7. The molecule has 0 amide bonds. The van der Waals surface area contributed by atoms with Gasteiger partial charge in [0.05, 0.1) is 17.0 Å². The lowest BCUT2D eigenvalue weighted by Gasteiger charge is -2.02. The van der Waals surface area contributed by atoms with E-state index in [2.05, 4.69) is 4.98 Å². The number of thiophene rings is 1. The summed E-state index contributed by atoms with van der Waals surface area (Å²) in [6.07, 6.45) is 0.151. The van der Waals surface area contributed by atoms with Crippen molar-refractivity contribution in [3.05, 3.63) is 82.9 Å². The Bertz CT molecular complexity index is 1260. The number of fused-ring (bicyclic) bond motifs is 1. The summed E-state index contributed by atoms with van der Waals surface area (Å²) < 4.78 is 11.1. The summed E-state index contributed by atoms with van der Waals surface area (Å²) in [5.74, 6) is 0.0515. The Kier molecular flexibility index (Phi) is 5.13. The van der Waals surface area contributed by atoms with Gasteiger partial charge in [-0.25, -0.2) is 9.97 Å². The van der Waals surface area contributed by atoms with E-state index < -0.39 is 0 Å². The summed E-state index contributed by atoms with van der Waals surface area (Å²) in [7, 11) is 0. The normalized spacial score (nSPS) is 11.1. The number of hydrogen-bond acceptors (Lipinski definition) is 7. The number of carbonyl (C=O) groups excluding carboxylic acids is 1. The Morgan fingerprint density at radius 2 is 1.80 bits per heavy atom. The smallest absolute Gasteiger partial charge is 0.311 e. The van der Waals surface area contributed by atoms with E-state index in [9.17, 15) is 4.79 Å². The molecular formula is C23H16N2O3S2. The third-order valence-electron chi connectivity index (χ3n) is 4.47. The second-order valence-electron chi connectivity index (χ2n) is 6.55. The van der Waals surface area contributed by atoms with Gasteiger partial charge in [-0.3, -0.25) is 4.79 Å². The average Bonchev–Trinajstić information content (AvgIpc) is 3.52. The fourth-order valence-electron chi connectivity index (χ4n) is 3.09. The molecule has 0 unspecified atom stereocenters. The summed E-state index contributed by atoms with van der Waals surface area (Å²) in [6.45, 7) is 0.00615. The quantitative estimate of drug-likeness (QED) is 0.310. The van der Waals surface area contributed by atoms with Crippen LogP contribution in [0.5, 0.6) is 0 Å². The predicted octanol–water partition coefficient (Wildman–Crippen LogP) is 5.97. The van der Waals surface area contributed by atoms with E-state index in [0.29, 0.717) is 11.5 Å². The number of thiazole rings is 1. The highest BCUT2D eigenvalue weighted by molar-refractivity contribution is 7.17. The monoisotopic (exact) mass is 432 g/mol. The largest absolute Gasteiger partial charge is 0.455 e. The van der Waals surface area contributed by atoms with Crippen LogP contribution in [0.2, 0.25) is 0 Å². The fraction of sp³-hybridized carbons (Fsp3) is 0.0870. The van der Waals surface area contributed by atoms with Crippen molar-refractivity contribution in [2.75, 3.05) is 0 Å². The van der Waals surface area contributed by atoms with Crippen LogP contribution >= 0.6 is 22.7 Å². The highest BCUT2D eigenvalue weighted by Gasteiger charge is 2.19. The van der Waals surface area contributed by atoms with E-state index in [-0.39, 0.29) is 19.0 Å². The molecule has 0 radical (unpaired) electrons. The molecular weight excluding hydrogens is 416 g/mol. The maximum atomic E-state index is 12.6. The molecule has 2 aromatic carbocycles. The minimum Gasteiger partial charge on any atom is -0.455 e. The van der Waals surface area contributed by atoms with Gasteiger partial charge in [0.1, 0.15) is 10.5 Å². The minimum atomic E-state index is -0.335. The molecule has 3 aromatic heterocycles. The number of benzene rings is 2. The minimum absolute atomic E-state index is 0.00615. The van der Waals surface area contributed by atoms with Crippen molar-refractivity contribution in [3.63, 3.8) is 0 Å². The number of esters is 1. The molecule has 0 aliphatic rings. The molecule has 3 heterocycles. The summed E-state index contributed by atoms with van der Waals surface area (Å²) in [5.41, 5.74) is 3.30. The summed E-state index contributed by atoms with van der Waals surface area (Å²) >= 11 is 3.13. The van der Waals surface area contributed by atoms with Crippen LogP contribution in [0, 0.1) is 0 Å². The highest BCUT2D eigenvalue weighted by Crippen LogP contribution is 2.36. The van der Waals surface area contributed by atoms with Gasteiger partial charge >= 0.3 is 5.97 Å². The number of oxazole rings is 1. The highest BCUT2D eigenvalue weighted by atomic mass is 32.1. The second kappa shape index (κ2) is 8.22. The van der Waals surface area contributed by atoms with Gasteiger partial charge in [0, 0.05) is 10.4 Å². The Morgan fingerprint density at radius 1 is 0.967 bits per heavy atom. The van der Waals surface area contributed by atoms with Gasteiger partial charge < -0.3 is 9.15 Å². The first-order chi connectivity index (χ1) is 14.8. The second-order valence-corrected chi connectivity index (χ2v) is 8.58. The van der Waals surface area contributed by atoms with Crippen LogP contribution in [0.4, 0.5) is 0 Å². The Labute approximate surface area is 180 Å². The molecule has 0 N–H and O–H groups in total. The van der Waals surface area contributed by atoms with Gasteiger partial charge in [0.25, 0.3) is 0 Å². The van der Waals surface area contributed by atoms with Crippen LogP contribution in [-0.2, 0) is 22.6 Å². The zero-order valence-corrected chi connectivity index (χ0v) is 17.4.